The van der Waals surface area contributed by atoms with Crippen molar-refractivity contribution in [3.05, 3.63) is 47.0 Å². The Kier molecular flexibility index (Phi) is 4.52. The lowest BCUT2D eigenvalue weighted by Gasteiger charge is -2.25. The minimum Gasteiger partial charge on any atom is -0.316 e. The Bertz CT molecular complexity index is 718. The highest BCUT2D eigenvalue weighted by atomic mass is 35.5. The number of hydrogen-bond acceptors (Lipinski definition) is 2. The molecule has 1 saturated heterocycles. The van der Waals surface area contributed by atoms with E-state index in [2.05, 4.69) is 10.4 Å². The van der Waals surface area contributed by atoms with E-state index in [9.17, 15) is 9.18 Å². The maximum absolute atomic E-state index is 13.2. The molecule has 1 fully saturated rings. The molecule has 5 nitrogen and oxygen atoms in total. The summed E-state index contributed by atoms with van der Waals surface area (Å²) in [5.41, 5.74) is 1.52. The van der Waals surface area contributed by atoms with Gasteiger partial charge < -0.3 is 10.2 Å². The quantitative estimate of drug-likeness (QED) is 0.918. The minimum absolute atomic E-state index is 0.00775. The molecule has 0 aliphatic carbocycles. The average Bonchev–Trinajstić information content (AvgIpc) is 3.18. The van der Waals surface area contributed by atoms with Crippen molar-refractivity contribution in [1.29, 1.82) is 0 Å². The Morgan fingerprint density at radius 2 is 2.30 bits per heavy atom. The van der Waals surface area contributed by atoms with Gasteiger partial charge >= 0.3 is 6.03 Å². The summed E-state index contributed by atoms with van der Waals surface area (Å²) in [6.07, 6.45) is 3.60. The van der Waals surface area contributed by atoms with Crippen molar-refractivity contribution < 1.29 is 9.18 Å². The molecule has 0 spiro atoms. The fraction of sp³-hybridized carbons (Fsp3) is 0.375. The van der Waals surface area contributed by atoms with E-state index < -0.39 is 5.82 Å². The summed E-state index contributed by atoms with van der Waals surface area (Å²) in [6.45, 7) is 3.47. The highest BCUT2D eigenvalue weighted by Gasteiger charge is 2.32. The molecule has 0 unspecified atom stereocenters. The molecule has 122 valence electrons. The lowest BCUT2D eigenvalue weighted by Crippen LogP contribution is -2.35. The van der Waals surface area contributed by atoms with Gasteiger partial charge in [0, 0.05) is 25.0 Å². The molecule has 1 N–H and O–H groups in total. The van der Waals surface area contributed by atoms with Gasteiger partial charge in [-0.1, -0.05) is 11.6 Å². The van der Waals surface area contributed by atoms with Gasteiger partial charge in [-0.3, -0.25) is 4.68 Å². The number of anilines is 1. The van der Waals surface area contributed by atoms with Crippen LogP contribution < -0.4 is 5.32 Å². The predicted molar refractivity (Wildman–Crippen MR) is 87.0 cm³/mol. The first kappa shape index (κ1) is 15.8. The normalized spacial score (nSPS) is 17.5. The zero-order chi connectivity index (χ0) is 16.4. The molecule has 1 aromatic heterocycles. The summed E-state index contributed by atoms with van der Waals surface area (Å²) in [4.78, 5) is 14.4. The standard InChI is InChI=1S/C16H18ClFN4O/c1-2-22-15(7-8-19-22)14-4-3-9-21(14)16(23)20-11-5-6-13(18)12(17)10-11/h5-8,10,14H,2-4,9H2,1H3,(H,20,23)/t14-/m0/s1. The summed E-state index contributed by atoms with van der Waals surface area (Å²) < 4.78 is 15.1. The number of carbonyl (C=O) groups excluding carboxylic acids is 1. The van der Waals surface area contributed by atoms with Gasteiger partial charge in [-0.2, -0.15) is 5.10 Å². The van der Waals surface area contributed by atoms with Gasteiger partial charge in [-0.05, 0) is 44.0 Å². The average molecular weight is 337 g/mol. The number of aryl methyl sites for hydroxylation is 1. The first-order chi connectivity index (χ1) is 11.1. The van der Waals surface area contributed by atoms with Gasteiger partial charge in [0.2, 0.25) is 0 Å². The predicted octanol–water partition coefficient (Wildman–Crippen LogP) is 4.06. The first-order valence-corrected chi connectivity index (χ1v) is 8.02. The molecule has 3 rings (SSSR count). The van der Waals surface area contributed by atoms with Gasteiger partial charge in [-0.25, -0.2) is 9.18 Å². The van der Waals surface area contributed by atoms with Crippen molar-refractivity contribution in [3.63, 3.8) is 0 Å². The molecular formula is C16H18ClFN4O. The van der Waals surface area contributed by atoms with E-state index in [4.69, 9.17) is 11.6 Å². The third-order valence-electron chi connectivity index (χ3n) is 4.07. The third kappa shape index (κ3) is 3.17. The Hall–Kier alpha value is -2.08. The van der Waals surface area contributed by atoms with Crippen molar-refractivity contribution >= 4 is 23.3 Å². The number of hydrogen-bond donors (Lipinski definition) is 1. The van der Waals surface area contributed by atoms with Crippen molar-refractivity contribution in [1.82, 2.24) is 14.7 Å². The largest absolute Gasteiger partial charge is 0.322 e. The van der Waals surface area contributed by atoms with E-state index in [1.807, 2.05) is 17.7 Å². The Morgan fingerprint density at radius 3 is 3.04 bits per heavy atom. The van der Waals surface area contributed by atoms with Crippen LogP contribution >= 0.6 is 11.6 Å². The molecule has 0 saturated carbocycles. The van der Waals surface area contributed by atoms with Crippen molar-refractivity contribution in [3.8, 4) is 0 Å². The van der Waals surface area contributed by atoms with Crippen LogP contribution in [0.4, 0.5) is 14.9 Å². The summed E-state index contributed by atoms with van der Waals surface area (Å²) in [5.74, 6) is -0.504. The zero-order valence-corrected chi connectivity index (χ0v) is 13.6. The molecule has 2 heterocycles. The van der Waals surface area contributed by atoms with Crippen molar-refractivity contribution in [2.24, 2.45) is 0 Å². The van der Waals surface area contributed by atoms with E-state index in [1.54, 1.807) is 11.1 Å². The van der Waals surface area contributed by atoms with Crippen LogP contribution in [0.3, 0.4) is 0 Å². The Labute approximate surface area is 139 Å². The zero-order valence-electron chi connectivity index (χ0n) is 12.8. The summed E-state index contributed by atoms with van der Waals surface area (Å²) >= 11 is 5.75. The number of rotatable bonds is 3. The molecule has 0 bridgehead atoms. The number of benzene rings is 1. The van der Waals surface area contributed by atoms with Crippen molar-refractivity contribution in [2.45, 2.75) is 32.4 Å². The maximum atomic E-state index is 13.2. The molecule has 1 aromatic carbocycles. The lowest BCUT2D eigenvalue weighted by atomic mass is 10.1. The van der Waals surface area contributed by atoms with Crippen LogP contribution in [0.5, 0.6) is 0 Å². The number of amides is 2. The van der Waals surface area contributed by atoms with Crippen LogP contribution in [0, 0.1) is 5.82 Å². The molecule has 1 aliphatic rings. The molecule has 2 aromatic rings. The van der Waals surface area contributed by atoms with Crippen LogP contribution in [0.25, 0.3) is 0 Å². The van der Waals surface area contributed by atoms with Crippen LogP contribution in [0.15, 0.2) is 30.5 Å². The monoisotopic (exact) mass is 336 g/mol. The van der Waals surface area contributed by atoms with Crippen LogP contribution in [-0.4, -0.2) is 27.3 Å². The smallest absolute Gasteiger partial charge is 0.316 e. The molecule has 7 heteroatoms. The molecule has 1 atom stereocenters. The lowest BCUT2D eigenvalue weighted by molar-refractivity contribution is 0.204. The van der Waals surface area contributed by atoms with Gasteiger partial charge in [0.05, 0.1) is 16.8 Å². The molecule has 0 radical (unpaired) electrons. The fourth-order valence-corrected chi connectivity index (χ4v) is 3.16. The number of halogens is 2. The van der Waals surface area contributed by atoms with Gasteiger partial charge in [0.1, 0.15) is 5.82 Å². The van der Waals surface area contributed by atoms with E-state index in [-0.39, 0.29) is 17.1 Å². The second-order valence-electron chi connectivity index (χ2n) is 5.48. The number of carbonyl (C=O) groups is 1. The first-order valence-electron chi connectivity index (χ1n) is 7.64. The topological polar surface area (TPSA) is 50.2 Å². The third-order valence-corrected chi connectivity index (χ3v) is 4.36. The molecule has 23 heavy (non-hydrogen) atoms. The summed E-state index contributed by atoms with van der Waals surface area (Å²) in [6, 6.07) is 5.91. The number of urea groups is 1. The molecule has 2 amide bonds. The fourth-order valence-electron chi connectivity index (χ4n) is 2.98. The highest BCUT2D eigenvalue weighted by molar-refractivity contribution is 6.31. The SMILES string of the molecule is CCn1nccc1[C@@H]1CCCN1C(=O)Nc1ccc(F)c(Cl)c1. The van der Waals surface area contributed by atoms with E-state index in [0.29, 0.717) is 12.2 Å². The summed E-state index contributed by atoms with van der Waals surface area (Å²) in [5, 5.41) is 7.06. The van der Waals surface area contributed by atoms with E-state index in [0.717, 1.165) is 25.1 Å². The maximum Gasteiger partial charge on any atom is 0.322 e. The van der Waals surface area contributed by atoms with E-state index in [1.165, 1.54) is 18.2 Å². The second-order valence-corrected chi connectivity index (χ2v) is 5.89. The van der Waals surface area contributed by atoms with Crippen LogP contribution in [-0.2, 0) is 6.54 Å². The number of nitrogens with one attached hydrogen (secondary N) is 1. The van der Waals surface area contributed by atoms with Gasteiger partial charge in [0.25, 0.3) is 0 Å². The minimum atomic E-state index is -0.504. The van der Waals surface area contributed by atoms with Crippen LogP contribution in [0.1, 0.15) is 31.5 Å². The summed E-state index contributed by atoms with van der Waals surface area (Å²) in [7, 11) is 0. The molecule has 1 aliphatic heterocycles. The van der Waals surface area contributed by atoms with E-state index >= 15 is 0 Å². The van der Waals surface area contributed by atoms with Crippen LogP contribution in [0.2, 0.25) is 5.02 Å². The van der Waals surface area contributed by atoms with Crippen molar-refractivity contribution in [2.75, 3.05) is 11.9 Å². The number of likely N-dealkylation sites (tertiary alicyclic amines) is 1. The Morgan fingerprint density at radius 1 is 1.48 bits per heavy atom. The number of aromatic nitrogens is 2. The Balaban J connectivity index is 1.77. The van der Waals surface area contributed by atoms with Gasteiger partial charge in [-0.15, -0.1) is 0 Å². The second kappa shape index (κ2) is 6.58. The highest BCUT2D eigenvalue weighted by Crippen LogP contribution is 2.32. The molecular weight excluding hydrogens is 319 g/mol. The number of nitrogens with zero attached hydrogens (tertiary/aromatic N) is 3. The van der Waals surface area contributed by atoms with Gasteiger partial charge in [0.15, 0.2) is 0 Å².